The first-order valence-corrected chi connectivity index (χ1v) is 18.0. The Hall–Kier alpha value is -3.76. The number of sulfone groups is 1. The number of urea groups is 1. The zero-order valence-electron chi connectivity index (χ0n) is 26.2. The highest BCUT2D eigenvalue weighted by molar-refractivity contribution is 7.90. The topological polar surface area (TPSA) is 82.5 Å². The Morgan fingerprint density at radius 1 is 0.958 bits per heavy atom. The number of benzene rings is 3. The van der Waals surface area contributed by atoms with Gasteiger partial charge in [0.05, 0.1) is 24.0 Å². The van der Waals surface area contributed by atoms with E-state index in [0.717, 1.165) is 11.1 Å². The van der Waals surface area contributed by atoms with Crippen LogP contribution in [0.1, 0.15) is 41.3 Å². The molecule has 0 unspecified atom stereocenters. The second kappa shape index (κ2) is 14.8. The van der Waals surface area contributed by atoms with E-state index in [0.29, 0.717) is 48.3 Å². The number of hydrogen-bond donors (Lipinski definition) is 0. The molecule has 2 aliphatic rings. The van der Waals surface area contributed by atoms with Crippen LogP contribution in [0.15, 0.2) is 71.7 Å². The number of amidine groups is 1. The molecule has 3 aromatic carbocycles. The van der Waals surface area contributed by atoms with Crippen molar-refractivity contribution >= 4 is 44.9 Å². The van der Waals surface area contributed by atoms with Gasteiger partial charge in [0, 0.05) is 60.5 Å². The van der Waals surface area contributed by atoms with Crippen LogP contribution in [0.3, 0.4) is 0 Å². The number of alkyl halides is 3. The third-order valence-corrected chi connectivity index (χ3v) is 9.42. The lowest BCUT2D eigenvalue weighted by molar-refractivity contribution is -0.0696. The van der Waals surface area contributed by atoms with Gasteiger partial charge in [-0.15, -0.1) is 0 Å². The van der Waals surface area contributed by atoms with E-state index in [2.05, 4.69) is 5.92 Å². The molecule has 0 bridgehead atoms. The van der Waals surface area contributed by atoms with Crippen LogP contribution in [-0.4, -0.2) is 92.5 Å². The standard InChI is InChI=1S/C34H33Cl2F3N4O4S/c1-3-47-29-22-23(14-15-34(37,38)39)4-13-28(29)32-40-30(24-5-9-26(35)10-6-24)31(25-7-11-27(36)12-8-25)43(32)33(44)42-18-16-41(17-19-42)20-21-48(2,45)46/h4-13,22,30-31H,3,16-21H2,1-2H3/t30-,31+/m0/s1. The number of halogens is 5. The van der Waals surface area contributed by atoms with Gasteiger partial charge in [-0.1, -0.05) is 53.4 Å². The summed E-state index contributed by atoms with van der Waals surface area (Å²) < 4.78 is 68.0. The Morgan fingerprint density at radius 2 is 1.56 bits per heavy atom. The van der Waals surface area contributed by atoms with Crippen molar-refractivity contribution < 1.29 is 31.1 Å². The molecule has 1 fully saturated rings. The van der Waals surface area contributed by atoms with E-state index in [1.807, 2.05) is 29.2 Å². The van der Waals surface area contributed by atoms with E-state index in [1.165, 1.54) is 24.3 Å². The van der Waals surface area contributed by atoms with Crippen molar-refractivity contribution in [2.75, 3.05) is 51.3 Å². The minimum Gasteiger partial charge on any atom is -0.493 e. The van der Waals surface area contributed by atoms with Gasteiger partial charge in [0.2, 0.25) is 0 Å². The van der Waals surface area contributed by atoms with E-state index in [9.17, 15) is 26.4 Å². The summed E-state index contributed by atoms with van der Waals surface area (Å²) in [4.78, 5) is 25.1. The maximum atomic E-state index is 14.7. The predicted octanol–water partition coefficient (Wildman–Crippen LogP) is 6.63. The molecule has 1 saturated heterocycles. The van der Waals surface area contributed by atoms with E-state index < -0.39 is 28.1 Å². The van der Waals surface area contributed by atoms with E-state index >= 15 is 0 Å². The molecule has 2 heterocycles. The quantitative estimate of drug-likeness (QED) is 0.244. The molecule has 2 amide bonds. The average molecular weight is 722 g/mol. The summed E-state index contributed by atoms with van der Waals surface area (Å²) >= 11 is 12.5. The molecule has 2 atom stereocenters. The number of nitrogens with zero attached hydrogens (tertiary/aromatic N) is 4. The first-order chi connectivity index (χ1) is 22.7. The molecule has 48 heavy (non-hydrogen) atoms. The molecule has 0 radical (unpaired) electrons. The Bertz CT molecular complexity index is 1830. The van der Waals surface area contributed by atoms with Crippen molar-refractivity contribution in [3.8, 4) is 17.6 Å². The highest BCUT2D eigenvalue weighted by Gasteiger charge is 2.45. The molecule has 5 rings (SSSR count). The maximum absolute atomic E-state index is 14.7. The zero-order chi connectivity index (χ0) is 34.6. The Kier molecular flexibility index (Phi) is 10.9. The summed E-state index contributed by atoms with van der Waals surface area (Å²) in [6, 6.07) is 17.1. The van der Waals surface area contributed by atoms with Gasteiger partial charge in [-0.25, -0.2) is 13.2 Å². The molecule has 0 N–H and O–H groups in total. The first kappa shape index (κ1) is 35.5. The van der Waals surface area contributed by atoms with Crippen LogP contribution >= 0.6 is 23.2 Å². The summed E-state index contributed by atoms with van der Waals surface area (Å²) in [6.07, 6.45) is -3.48. The first-order valence-electron chi connectivity index (χ1n) is 15.2. The van der Waals surface area contributed by atoms with Gasteiger partial charge >= 0.3 is 12.2 Å². The molecule has 254 valence electrons. The van der Waals surface area contributed by atoms with Crippen LogP contribution in [-0.2, 0) is 9.84 Å². The number of piperazine rings is 1. The summed E-state index contributed by atoms with van der Waals surface area (Å²) in [5, 5.41) is 1.04. The van der Waals surface area contributed by atoms with E-state index in [4.69, 9.17) is 32.9 Å². The van der Waals surface area contributed by atoms with Crippen LogP contribution in [0.4, 0.5) is 18.0 Å². The molecule has 8 nitrogen and oxygen atoms in total. The number of hydrogen-bond acceptors (Lipinski definition) is 6. The Morgan fingerprint density at radius 3 is 2.12 bits per heavy atom. The average Bonchev–Trinajstić information content (AvgIpc) is 3.43. The van der Waals surface area contributed by atoms with Crippen molar-refractivity contribution in [3.05, 3.63) is 99.0 Å². The van der Waals surface area contributed by atoms with Crippen LogP contribution in [0.2, 0.25) is 10.0 Å². The SMILES string of the molecule is CCOc1cc(C#CC(F)(F)F)ccc1C1=N[C@@H](c2ccc(Cl)cc2)[C@@H](c2ccc(Cl)cc2)N1C(=O)N1CCN(CCS(C)(=O)=O)CC1. The summed E-state index contributed by atoms with van der Waals surface area (Å²) in [6.45, 7) is 3.94. The van der Waals surface area contributed by atoms with Crippen molar-refractivity contribution in [1.82, 2.24) is 14.7 Å². The summed E-state index contributed by atoms with van der Waals surface area (Å²) in [5.74, 6) is 3.95. The molecular weight excluding hydrogens is 688 g/mol. The highest BCUT2D eigenvalue weighted by atomic mass is 35.5. The normalized spacial score (nSPS) is 18.7. The third-order valence-electron chi connectivity index (χ3n) is 7.99. The van der Waals surface area contributed by atoms with Gasteiger partial charge in [0.25, 0.3) is 0 Å². The van der Waals surface area contributed by atoms with E-state index in [-0.39, 0.29) is 35.5 Å². The fourth-order valence-corrected chi connectivity index (χ4v) is 6.51. The maximum Gasteiger partial charge on any atom is 0.458 e. The van der Waals surface area contributed by atoms with Crippen LogP contribution in [0.25, 0.3) is 0 Å². The van der Waals surface area contributed by atoms with Crippen LogP contribution in [0, 0.1) is 11.8 Å². The molecule has 2 aliphatic heterocycles. The molecule has 14 heteroatoms. The third kappa shape index (κ3) is 8.82. The zero-order valence-corrected chi connectivity index (χ0v) is 28.5. The van der Waals surface area contributed by atoms with Gasteiger partial charge in [-0.05, 0) is 60.5 Å². The number of aliphatic imine (C=N–C) groups is 1. The van der Waals surface area contributed by atoms with E-state index in [1.54, 1.807) is 47.1 Å². The molecule has 0 spiro atoms. The lowest BCUT2D eigenvalue weighted by Crippen LogP contribution is -2.54. The lowest BCUT2D eigenvalue weighted by atomic mass is 9.93. The van der Waals surface area contributed by atoms with Crippen molar-refractivity contribution in [3.63, 3.8) is 0 Å². The monoisotopic (exact) mass is 720 g/mol. The van der Waals surface area contributed by atoms with Crippen LogP contribution < -0.4 is 4.74 Å². The van der Waals surface area contributed by atoms with Gasteiger partial charge in [-0.2, -0.15) is 13.2 Å². The Balaban J connectivity index is 1.60. The molecule has 0 aromatic heterocycles. The molecule has 0 aliphatic carbocycles. The fourth-order valence-electron chi connectivity index (χ4n) is 5.67. The predicted molar refractivity (Wildman–Crippen MR) is 180 cm³/mol. The molecule has 0 saturated carbocycles. The van der Waals surface area contributed by atoms with Gasteiger partial charge < -0.3 is 9.64 Å². The number of carbonyl (C=O) groups is 1. The smallest absolute Gasteiger partial charge is 0.458 e. The number of rotatable bonds is 8. The largest absolute Gasteiger partial charge is 0.493 e. The second-order valence-corrected chi connectivity index (χ2v) is 14.6. The molecular formula is C34H33Cl2F3N4O4S. The number of amides is 2. The van der Waals surface area contributed by atoms with Crippen molar-refractivity contribution in [1.29, 1.82) is 0 Å². The second-order valence-electron chi connectivity index (χ2n) is 11.4. The minimum atomic E-state index is -4.67. The minimum absolute atomic E-state index is 0.0227. The number of carbonyl (C=O) groups excluding carboxylic acids is 1. The van der Waals surface area contributed by atoms with Crippen molar-refractivity contribution in [2.24, 2.45) is 4.99 Å². The van der Waals surface area contributed by atoms with Gasteiger partial charge in [-0.3, -0.25) is 14.8 Å². The number of ether oxygens (including phenoxy) is 1. The Labute approximate surface area is 288 Å². The van der Waals surface area contributed by atoms with Crippen LogP contribution in [0.5, 0.6) is 5.75 Å². The van der Waals surface area contributed by atoms with Gasteiger partial charge in [0.1, 0.15) is 27.5 Å². The highest BCUT2D eigenvalue weighted by Crippen LogP contribution is 2.45. The summed E-state index contributed by atoms with van der Waals surface area (Å²) in [5.41, 5.74) is 2.03. The van der Waals surface area contributed by atoms with Crippen molar-refractivity contribution in [2.45, 2.75) is 25.2 Å². The van der Waals surface area contributed by atoms with Gasteiger partial charge in [0.15, 0.2) is 0 Å². The fraction of sp³-hybridized carbons (Fsp3) is 0.353. The lowest BCUT2D eigenvalue weighted by Gasteiger charge is -2.39. The molecule has 3 aromatic rings. The summed E-state index contributed by atoms with van der Waals surface area (Å²) in [7, 11) is -3.14.